The number of ether oxygens (including phenoxy) is 1. The summed E-state index contributed by atoms with van der Waals surface area (Å²) in [6.07, 6.45) is 4.41. The van der Waals surface area contributed by atoms with Crippen molar-refractivity contribution in [2.45, 2.75) is 25.7 Å². The lowest BCUT2D eigenvalue weighted by atomic mass is 9.88. The van der Waals surface area contributed by atoms with Gasteiger partial charge in [0.25, 0.3) is 0 Å². The fourth-order valence-electron chi connectivity index (χ4n) is 4.02. The molecule has 1 aliphatic carbocycles. The Hall–Kier alpha value is -3.87. The van der Waals surface area contributed by atoms with E-state index in [2.05, 4.69) is 5.10 Å². The zero-order valence-corrected chi connectivity index (χ0v) is 17.6. The van der Waals surface area contributed by atoms with E-state index in [1.165, 1.54) is 24.3 Å². The first-order valence-corrected chi connectivity index (χ1v) is 10.6. The number of nitrogens with zero attached hydrogens (tertiary/aromatic N) is 2. The number of halogens is 2. The lowest BCUT2D eigenvalue weighted by Gasteiger charge is -2.14. The number of Topliss-reactive ketones (excluding diaryl/α,β-unsaturated/α-hetero) is 2. The highest BCUT2D eigenvalue weighted by molar-refractivity contribution is 6.10. The predicted molar refractivity (Wildman–Crippen MR) is 117 cm³/mol. The van der Waals surface area contributed by atoms with Crippen LogP contribution >= 0.6 is 0 Å². The Morgan fingerprint density at radius 3 is 2.30 bits per heavy atom. The van der Waals surface area contributed by atoms with Gasteiger partial charge in [0, 0.05) is 19.0 Å². The Bertz CT molecular complexity index is 1360. The van der Waals surface area contributed by atoms with Crippen molar-refractivity contribution < 1.29 is 23.1 Å². The van der Waals surface area contributed by atoms with Gasteiger partial charge in [-0.25, -0.2) is 13.3 Å². The molecule has 0 spiro atoms. The van der Waals surface area contributed by atoms with Crippen molar-refractivity contribution in [3.63, 3.8) is 0 Å². The molecule has 1 fully saturated rings. The average Bonchev–Trinajstić information content (AvgIpc) is 3.48. The van der Waals surface area contributed by atoms with Crippen molar-refractivity contribution in [1.29, 1.82) is 0 Å². The van der Waals surface area contributed by atoms with Crippen LogP contribution in [0.1, 0.15) is 24.0 Å². The molecule has 33 heavy (non-hydrogen) atoms. The molecule has 7 heteroatoms. The van der Waals surface area contributed by atoms with Gasteiger partial charge in [-0.05, 0) is 66.4 Å². The number of rotatable bonds is 8. The number of ketones is 2. The van der Waals surface area contributed by atoms with Gasteiger partial charge in [0.1, 0.15) is 11.3 Å². The van der Waals surface area contributed by atoms with Gasteiger partial charge >= 0.3 is 0 Å². The molecule has 1 aliphatic rings. The monoisotopic (exact) mass is 446 g/mol. The van der Waals surface area contributed by atoms with Crippen molar-refractivity contribution in [2.75, 3.05) is 0 Å². The van der Waals surface area contributed by atoms with Gasteiger partial charge < -0.3 is 4.74 Å². The first-order chi connectivity index (χ1) is 15.9. The second kappa shape index (κ2) is 8.24. The fraction of sp³-hybridized carbons (Fsp3) is 0.192. The van der Waals surface area contributed by atoms with Crippen LogP contribution in [0.15, 0.2) is 73.1 Å². The van der Waals surface area contributed by atoms with Crippen LogP contribution in [0.5, 0.6) is 11.5 Å². The molecule has 1 saturated carbocycles. The van der Waals surface area contributed by atoms with E-state index in [1.54, 1.807) is 53.3 Å². The molecule has 0 unspecified atom stereocenters. The normalized spacial score (nSPS) is 14.2. The van der Waals surface area contributed by atoms with Crippen LogP contribution in [-0.4, -0.2) is 21.2 Å². The molecule has 0 amide bonds. The molecule has 0 bridgehead atoms. The lowest BCUT2D eigenvalue weighted by molar-refractivity contribution is -0.133. The van der Waals surface area contributed by atoms with Crippen molar-refractivity contribution in [3.8, 4) is 11.5 Å². The number of aromatic nitrogens is 2. The Morgan fingerprint density at radius 1 is 0.909 bits per heavy atom. The number of hydrogen-bond donors (Lipinski definition) is 0. The van der Waals surface area contributed by atoms with Crippen molar-refractivity contribution in [1.82, 2.24) is 9.61 Å². The van der Waals surface area contributed by atoms with Gasteiger partial charge in [-0.1, -0.05) is 18.2 Å². The molecule has 0 radical (unpaired) electrons. The summed E-state index contributed by atoms with van der Waals surface area (Å²) in [5, 5.41) is 4.12. The van der Waals surface area contributed by atoms with Crippen LogP contribution < -0.4 is 4.74 Å². The van der Waals surface area contributed by atoms with Gasteiger partial charge in [-0.15, -0.1) is 0 Å². The zero-order valence-electron chi connectivity index (χ0n) is 17.6. The second-order valence-corrected chi connectivity index (χ2v) is 8.31. The molecule has 0 aliphatic heterocycles. The molecule has 5 nitrogen and oxygen atoms in total. The summed E-state index contributed by atoms with van der Waals surface area (Å²) in [5.41, 5.74) is 0.832. The van der Waals surface area contributed by atoms with E-state index in [0.717, 1.165) is 0 Å². The molecule has 5 rings (SSSR count). The molecule has 4 aromatic rings. The lowest BCUT2D eigenvalue weighted by Crippen LogP contribution is -2.28. The Kier molecular flexibility index (Phi) is 5.24. The third-order valence-electron chi connectivity index (χ3n) is 6.07. The van der Waals surface area contributed by atoms with E-state index in [9.17, 15) is 18.4 Å². The van der Waals surface area contributed by atoms with Crippen LogP contribution in [-0.2, 0) is 22.4 Å². The van der Waals surface area contributed by atoms with Crippen LogP contribution in [0.25, 0.3) is 5.52 Å². The maximum atomic E-state index is 14.7. The third kappa shape index (κ3) is 4.14. The molecule has 0 atom stereocenters. The number of hydrogen-bond acceptors (Lipinski definition) is 4. The Balaban J connectivity index is 1.28. The van der Waals surface area contributed by atoms with Gasteiger partial charge in [0.15, 0.2) is 28.9 Å². The number of benzene rings is 2. The fourth-order valence-corrected chi connectivity index (χ4v) is 4.02. The average molecular weight is 446 g/mol. The molecule has 2 aromatic heterocycles. The van der Waals surface area contributed by atoms with Crippen molar-refractivity contribution in [3.05, 3.63) is 95.8 Å². The third-order valence-corrected chi connectivity index (χ3v) is 6.07. The maximum absolute atomic E-state index is 14.7. The van der Waals surface area contributed by atoms with Gasteiger partial charge in [0.05, 0.1) is 11.6 Å². The topological polar surface area (TPSA) is 60.7 Å². The quantitative estimate of drug-likeness (QED) is 0.353. The first-order valence-electron chi connectivity index (χ1n) is 10.6. The highest BCUT2D eigenvalue weighted by Gasteiger charge is 2.54. The zero-order chi connectivity index (χ0) is 23.0. The minimum absolute atomic E-state index is 0.0361. The van der Waals surface area contributed by atoms with Crippen LogP contribution in [0.4, 0.5) is 8.78 Å². The summed E-state index contributed by atoms with van der Waals surface area (Å²) in [5.74, 6) is -0.862. The minimum atomic E-state index is -1.02. The van der Waals surface area contributed by atoms with Crippen LogP contribution in [0.3, 0.4) is 0 Å². The van der Waals surface area contributed by atoms with Gasteiger partial charge in [-0.3, -0.25) is 9.59 Å². The number of pyridine rings is 1. The molecule has 166 valence electrons. The minimum Gasteiger partial charge on any atom is -0.452 e. The van der Waals surface area contributed by atoms with Gasteiger partial charge in [0.2, 0.25) is 0 Å². The standard InChI is InChI=1S/C26H20F2N2O3/c27-19-6-3-17(4-7-19)15-24(31)26(10-11-26)25(32)16-18-5-8-22(20(28)14-18)33-23-2-1-13-30-21(23)9-12-29-30/h1-9,12-14H,10-11,15-16H2. The number of carbonyl (C=O) groups is 2. The summed E-state index contributed by atoms with van der Waals surface area (Å²) in [6.45, 7) is 0. The number of carbonyl (C=O) groups excluding carboxylic acids is 2. The smallest absolute Gasteiger partial charge is 0.166 e. The summed E-state index contributed by atoms with van der Waals surface area (Å²) in [4.78, 5) is 25.7. The Morgan fingerprint density at radius 2 is 1.61 bits per heavy atom. The van der Waals surface area contributed by atoms with Crippen LogP contribution in [0.2, 0.25) is 0 Å². The van der Waals surface area contributed by atoms with E-state index in [1.807, 2.05) is 0 Å². The highest BCUT2D eigenvalue weighted by atomic mass is 19.1. The molecule has 0 N–H and O–H groups in total. The molecular weight excluding hydrogens is 426 g/mol. The van der Waals surface area contributed by atoms with Crippen molar-refractivity contribution >= 4 is 17.1 Å². The highest BCUT2D eigenvalue weighted by Crippen LogP contribution is 2.48. The van der Waals surface area contributed by atoms with E-state index in [-0.39, 0.29) is 36.0 Å². The van der Waals surface area contributed by atoms with Gasteiger partial charge in [-0.2, -0.15) is 5.10 Å². The van der Waals surface area contributed by atoms with E-state index in [4.69, 9.17) is 4.74 Å². The SMILES string of the molecule is O=C(Cc1ccc(F)cc1)C1(C(=O)Cc2ccc(Oc3cccn4nccc34)c(F)c2)CC1. The van der Waals surface area contributed by atoms with Crippen LogP contribution in [0, 0.1) is 17.0 Å². The molecule has 2 aromatic carbocycles. The molecule has 2 heterocycles. The summed E-state index contributed by atoms with van der Waals surface area (Å²) < 4.78 is 35.2. The first kappa shape index (κ1) is 21.0. The maximum Gasteiger partial charge on any atom is 0.166 e. The second-order valence-electron chi connectivity index (χ2n) is 8.31. The molecular formula is C26H20F2N2O3. The molecule has 0 saturated heterocycles. The van der Waals surface area contributed by atoms with E-state index in [0.29, 0.717) is 35.2 Å². The summed E-state index contributed by atoms with van der Waals surface area (Å²) in [6, 6.07) is 15.3. The van der Waals surface area contributed by atoms with E-state index >= 15 is 0 Å². The summed E-state index contributed by atoms with van der Waals surface area (Å²) >= 11 is 0. The number of fused-ring (bicyclic) bond motifs is 1. The predicted octanol–water partition coefficient (Wildman–Crippen LogP) is 5.11. The Labute approximate surface area is 188 Å². The van der Waals surface area contributed by atoms with Crippen molar-refractivity contribution in [2.24, 2.45) is 5.41 Å². The van der Waals surface area contributed by atoms with E-state index < -0.39 is 11.2 Å². The largest absolute Gasteiger partial charge is 0.452 e. The summed E-state index contributed by atoms with van der Waals surface area (Å²) in [7, 11) is 0.